The molecule has 0 atom stereocenters. The fourth-order valence-electron chi connectivity index (χ4n) is 2.23. The molecule has 1 saturated heterocycles. The van der Waals surface area contributed by atoms with Crippen LogP contribution in [0.3, 0.4) is 0 Å². The van der Waals surface area contributed by atoms with Crippen molar-refractivity contribution in [3.63, 3.8) is 0 Å². The minimum absolute atomic E-state index is 0.0951. The molecule has 1 aliphatic heterocycles. The number of hydrogen-bond donors (Lipinski definition) is 0. The number of aromatic nitrogens is 2. The van der Waals surface area contributed by atoms with Crippen LogP contribution >= 0.6 is 11.5 Å². The van der Waals surface area contributed by atoms with Gasteiger partial charge in [0.15, 0.2) is 5.78 Å². The van der Waals surface area contributed by atoms with E-state index < -0.39 is 0 Å². The van der Waals surface area contributed by atoms with Crippen LogP contribution in [0.4, 0.5) is 5.69 Å². The van der Waals surface area contributed by atoms with Crippen LogP contribution in [0.2, 0.25) is 0 Å². The summed E-state index contributed by atoms with van der Waals surface area (Å²) in [6.45, 7) is 0.753. The van der Waals surface area contributed by atoms with Gasteiger partial charge in [-0.2, -0.15) is 0 Å². The van der Waals surface area contributed by atoms with Crippen LogP contribution in [0, 0.1) is 0 Å². The van der Waals surface area contributed by atoms with Crippen molar-refractivity contribution in [2.75, 3.05) is 11.4 Å². The summed E-state index contributed by atoms with van der Waals surface area (Å²) in [5.74, 6) is 0.0484. The molecule has 3 rings (SSSR count). The van der Waals surface area contributed by atoms with Crippen molar-refractivity contribution in [3.05, 3.63) is 47.0 Å². The molecule has 106 valence electrons. The van der Waals surface area contributed by atoms with Crippen molar-refractivity contribution in [2.45, 2.75) is 12.8 Å². The zero-order valence-corrected chi connectivity index (χ0v) is 12.0. The maximum Gasteiger partial charge on any atom is 0.227 e. The molecule has 5 nitrogen and oxygen atoms in total. The van der Waals surface area contributed by atoms with Crippen molar-refractivity contribution in [1.82, 2.24) is 9.59 Å². The molecule has 1 fully saturated rings. The van der Waals surface area contributed by atoms with Gasteiger partial charge in [0.1, 0.15) is 0 Å². The fraction of sp³-hybridized carbons (Fsp3) is 0.200. The lowest BCUT2D eigenvalue weighted by atomic mass is 10.1. The molecule has 2 heterocycles. The van der Waals surface area contributed by atoms with Gasteiger partial charge in [0.05, 0.1) is 5.69 Å². The molecular formula is C15H13N3O2S. The van der Waals surface area contributed by atoms with Crippen LogP contribution in [0.1, 0.15) is 28.9 Å². The van der Waals surface area contributed by atoms with E-state index in [9.17, 15) is 9.59 Å². The Kier molecular flexibility index (Phi) is 3.87. The van der Waals surface area contributed by atoms with E-state index in [-0.39, 0.29) is 11.7 Å². The van der Waals surface area contributed by atoms with Gasteiger partial charge in [-0.3, -0.25) is 9.59 Å². The molecule has 1 amide bonds. The molecule has 0 N–H and O–H groups in total. The summed E-state index contributed by atoms with van der Waals surface area (Å²) in [7, 11) is 0. The molecule has 1 aromatic carbocycles. The second-order valence-electron chi connectivity index (χ2n) is 4.72. The van der Waals surface area contributed by atoms with E-state index in [2.05, 4.69) is 9.59 Å². The molecule has 21 heavy (non-hydrogen) atoms. The van der Waals surface area contributed by atoms with E-state index in [0.717, 1.165) is 18.7 Å². The summed E-state index contributed by atoms with van der Waals surface area (Å²) in [5.41, 5.74) is 2.11. The molecule has 0 saturated carbocycles. The highest BCUT2D eigenvalue weighted by molar-refractivity contribution is 7.03. The summed E-state index contributed by atoms with van der Waals surface area (Å²) in [5, 5.41) is 5.61. The van der Waals surface area contributed by atoms with Gasteiger partial charge in [0.25, 0.3) is 0 Å². The molecule has 1 aliphatic rings. The number of hydrogen-bond acceptors (Lipinski definition) is 5. The number of rotatable bonds is 4. The van der Waals surface area contributed by atoms with Gasteiger partial charge < -0.3 is 4.90 Å². The number of nitrogens with zero attached hydrogens (tertiary/aromatic N) is 3. The Bertz CT molecular complexity index is 677. The Morgan fingerprint density at radius 3 is 2.71 bits per heavy atom. The highest BCUT2D eigenvalue weighted by atomic mass is 32.1. The van der Waals surface area contributed by atoms with Crippen molar-refractivity contribution in [2.24, 2.45) is 0 Å². The van der Waals surface area contributed by atoms with Gasteiger partial charge in [0.2, 0.25) is 5.91 Å². The lowest BCUT2D eigenvalue weighted by molar-refractivity contribution is -0.117. The van der Waals surface area contributed by atoms with Gasteiger partial charge in [0, 0.05) is 29.6 Å². The van der Waals surface area contributed by atoms with Gasteiger partial charge in [-0.25, -0.2) is 0 Å². The van der Waals surface area contributed by atoms with Crippen LogP contribution in [-0.4, -0.2) is 27.8 Å². The lowest BCUT2D eigenvalue weighted by Gasteiger charge is -2.15. The molecule has 0 aliphatic carbocycles. The van der Waals surface area contributed by atoms with Crippen LogP contribution in [0.5, 0.6) is 0 Å². The Labute approximate surface area is 126 Å². The largest absolute Gasteiger partial charge is 0.312 e. The van der Waals surface area contributed by atoms with Gasteiger partial charge >= 0.3 is 0 Å². The van der Waals surface area contributed by atoms with E-state index >= 15 is 0 Å². The summed E-state index contributed by atoms with van der Waals surface area (Å²) >= 11 is 1.24. The average Bonchev–Trinajstić information content (AvgIpc) is 3.16. The number of amides is 1. The zero-order valence-electron chi connectivity index (χ0n) is 11.2. The predicted molar refractivity (Wildman–Crippen MR) is 81.3 cm³/mol. The molecule has 6 heteroatoms. The number of carbonyl (C=O) groups is 2. The third-order valence-electron chi connectivity index (χ3n) is 3.32. The first-order valence-electron chi connectivity index (χ1n) is 6.64. The van der Waals surface area contributed by atoms with E-state index in [1.165, 1.54) is 17.6 Å². The van der Waals surface area contributed by atoms with E-state index in [4.69, 9.17) is 0 Å². The van der Waals surface area contributed by atoms with Crippen molar-refractivity contribution in [1.29, 1.82) is 0 Å². The quantitative estimate of drug-likeness (QED) is 0.643. The van der Waals surface area contributed by atoms with E-state index in [1.807, 2.05) is 12.1 Å². The minimum atomic E-state index is -0.0951. The third kappa shape index (κ3) is 3.05. The Morgan fingerprint density at radius 2 is 2.10 bits per heavy atom. The first-order valence-corrected chi connectivity index (χ1v) is 7.47. The Morgan fingerprint density at radius 1 is 1.29 bits per heavy atom. The Balaban J connectivity index is 1.71. The monoisotopic (exact) mass is 299 g/mol. The van der Waals surface area contributed by atoms with Crippen LogP contribution in [-0.2, 0) is 4.79 Å². The molecule has 0 bridgehead atoms. The summed E-state index contributed by atoms with van der Waals surface area (Å²) in [6.07, 6.45) is 4.62. The second-order valence-corrected chi connectivity index (χ2v) is 5.33. The summed E-state index contributed by atoms with van der Waals surface area (Å²) < 4.78 is 3.73. The molecule has 0 spiro atoms. The number of ketones is 1. The van der Waals surface area contributed by atoms with Crippen LogP contribution in [0.25, 0.3) is 6.08 Å². The minimum Gasteiger partial charge on any atom is -0.312 e. The standard InChI is InChI=1S/C15H13N3O2S/c19-14(8-5-12-10-21-17-16-12)11-3-6-13(7-4-11)18-9-1-2-15(18)20/h3-8,10H,1-2,9H2/b8-5+. The lowest BCUT2D eigenvalue weighted by Crippen LogP contribution is -2.23. The predicted octanol–water partition coefficient (Wildman–Crippen LogP) is 2.56. The van der Waals surface area contributed by atoms with Gasteiger partial charge in [-0.15, -0.1) is 5.10 Å². The molecule has 2 aromatic rings. The average molecular weight is 299 g/mol. The van der Waals surface area contributed by atoms with Gasteiger partial charge in [-0.05, 0) is 54.4 Å². The fourth-order valence-corrected chi connectivity index (χ4v) is 2.65. The number of anilines is 1. The Hall–Kier alpha value is -2.34. The smallest absolute Gasteiger partial charge is 0.227 e. The normalized spacial score (nSPS) is 15.0. The topological polar surface area (TPSA) is 63.2 Å². The van der Waals surface area contributed by atoms with Gasteiger partial charge in [-0.1, -0.05) is 4.49 Å². The molecule has 0 unspecified atom stereocenters. The second kappa shape index (κ2) is 5.97. The maximum absolute atomic E-state index is 12.0. The molecule has 0 radical (unpaired) electrons. The van der Waals surface area contributed by atoms with Crippen molar-refractivity contribution >= 4 is 35.0 Å². The zero-order chi connectivity index (χ0) is 14.7. The van der Waals surface area contributed by atoms with Crippen LogP contribution in [0.15, 0.2) is 35.7 Å². The summed E-state index contributed by atoms with van der Waals surface area (Å²) in [6, 6.07) is 7.11. The molecule has 1 aromatic heterocycles. The van der Waals surface area contributed by atoms with E-state index in [0.29, 0.717) is 17.7 Å². The number of carbonyl (C=O) groups excluding carboxylic acids is 2. The van der Waals surface area contributed by atoms with Crippen molar-refractivity contribution < 1.29 is 9.59 Å². The number of benzene rings is 1. The van der Waals surface area contributed by atoms with Crippen LogP contribution < -0.4 is 4.90 Å². The highest BCUT2D eigenvalue weighted by Crippen LogP contribution is 2.21. The number of allylic oxidation sites excluding steroid dienone is 1. The third-order valence-corrected chi connectivity index (χ3v) is 3.84. The first kappa shape index (κ1) is 13.6. The molecular weight excluding hydrogens is 286 g/mol. The van der Waals surface area contributed by atoms with E-state index in [1.54, 1.807) is 28.5 Å². The van der Waals surface area contributed by atoms with Crippen molar-refractivity contribution in [3.8, 4) is 0 Å². The SMILES string of the molecule is O=C(/C=C/c1csnn1)c1ccc(N2CCCC2=O)cc1. The summed E-state index contributed by atoms with van der Waals surface area (Å²) in [4.78, 5) is 25.4. The maximum atomic E-state index is 12.0. The highest BCUT2D eigenvalue weighted by Gasteiger charge is 2.21. The first-order chi connectivity index (χ1) is 10.2.